The molecular weight excluding hydrogens is 320 g/mol. The lowest BCUT2D eigenvalue weighted by atomic mass is 10.00. The van der Waals surface area contributed by atoms with Crippen LogP contribution in [0.4, 0.5) is 0 Å². The minimum Gasteiger partial charge on any atom is -0.480 e. The van der Waals surface area contributed by atoms with Crippen molar-refractivity contribution in [2.45, 2.75) is 51.7 Å². The first-order chi connectivity index (χ1) is 11.6. The van der Waals surface area contributed by atoms with Gasteiger partial charge in [-0.2, -0.15) is 0 Å². The van der Waals surface area contributed by atoms with Crippen LogP contribution in [0.1, 0.15) is 47.0 Å². The van der Waals surface area contributed by atoms with E-state index in [4.69, 9.17) is 4.74 Å². The first-order valence-electron chi connectivity index (χ1n) is 8.60. The van der Waals surface area contributed by atoms with Crippen molar-refractivity contribution in [1.82, 2.24) is 9.88 Å². The molecule has 3 heterocycles. The Bertz CT molecular complexity index is 726. The van der Waals surface area contributed by atoms with Crippen LogP contribution in [0.3, 0.4) is 0 Å². The quantitative estimate of drug-likeness (QED) is 0.833. The van der Waals surface area contributed by atoms with Crippen molar-refractivity contribution >= 4 is 17.2 Å². The first kappa shape index (κ1) is 15.6. The average Bonchev–Trinajstić information content (AvgIpc) is 3.24. The molecule has 2 atom stereocenters. The Morgan fingerprint density at radius 3 is 2.92 bits per heavy atom. The van der Waals surface area contributed by atoms with Gasteiger partial charge in [0, 0.05) is 24.5 Å². The number of fused-ring (bicyclic) bond motifs is 1. The Balaban J connectivity index is 1.55. The van der Waals surface area contributed by atoms with E-state index in [9.17, 15) is 4.79 Å². The highest BCUT2D eigenvalue weighted by Crippen LogP contribution is 2.36. The summed E-state index contributed by atoms with van der Waals surface area (Å²) in [7, 11) is 0. The summed E-state index contributed by atoms with van der Waals surface area (Å²) < 4.78 is 6.02. The Morgan fingerprint density at radius 2 is 2.12 bits per heavy atom. The number of benzene rings is 1. The largest absolute Gasteiger partial charge is 0.480 e. The standard InChI is InChI=1S/C19H22N2O2S/c1-12-9-14-11-17(23-16(14)10-13(12)2)19(22)21-7-4-3-5-15(21)18-20-6-8-24-18/h6,8-10,15,17H,3-5,7,11H2,1-2H3/t15-,17+/m1/s1. The second-order valence-electron chi connectivity index (χ2n) is 6.77. The van der Waals surface area contributed by atoms with Gasteiger partial charge in [-0.15, -0.1) is 11.3 Å². The third kappa shape index (κ3) is 2.71. The van der Waals surface area contributed by atoms with Gasteiger partial charge in [-0.05, 0) is 55.9 Å². The SMILES string of the molecule is Cc1cc2c(cc1C)O[C@H](C(=O)N1CCCC[C@@H]1c1nccs1)C2. The molecule has 2 aliphatic heterocycles. The Labute approximate surface area is 146 Å². The van der Waals surface area contributed by atoms with Gasteiger partial charge in [-0.1, -0.05) is 6.07 Å². The van der Waals surface area contributed by atoms with E-state index in [0.29, 0.717) is 6.42 Å². The van der Waals surface area contributed by atoms with Crippen LogP contribution in [0.5, 0.6) is 5.75 Å². The number of carbonyl (C=O) groups excluding carboxylic acids is 1. The molecule has 4 nitrogen and oxygen atoms in total. The van der Waals surface area contributed by atoms with Gasteiger partial charge >= 0.3 is 0 Å². The predicted octanol–water partition coefficient (Wildman–Crippen LogP) is 3.82. The summed E-state index contributed by atoms with van der Waals surface area (Å²) in [5.74, 6) is 0.987. The van der Waals surface area contributed by atoms with Crippen molar-refractivity contribution in [2.75, 3.05) is 6.54 Å². The van der Waals surface area contributed by atoms with Crippen molar-refractivity contribution in [3.8, 4) is 5.75 Å². The molecule has 1 aromatic heterocycles. The summed E-state index contributed by atoms with van der Waals surface area (Å²) in [5.41, 5.74) is 3.61. The number of hydrogen-bond acceptors (Lipinski definition) is 4. The molecule has 0 N–H and O–H groups in total. The number of rotatable bonds is 2. The molecule has 0 bridgehead atoms. The summed E-state index contributed by atoms with van der Waals surface area (Å²) >= 11 is 1.64. The monoisotopic (exact) mass is 342 g/mol. The molecule has 1 fully saturated rings. The maximum absolute atomic E-state index is 13.1. The zero-order chi connectivity index (χ0) is 16.7. The van der Waals surface area contributed by atoms with Gasteiger partial charge in [-0.3, -0.25) is 4.79 Å². The van der Waals surface area contributed by atoms with E-state index >= 15 is 0 Å². The number of hydrogen-bond donors (Lipinski definition) is 0. The van der Waals surface area contributed by atoms with Crippen LogP contribution in [-0.2, 0) is 11.2 Å². The van der Waals surface area contributed by atoms with Crippen molar-refractivity contribution in [1.29, 1.82) is 0 Å². The van der Waals surface area contributed by atoms with E-state index in [1.165, 1.54) is 11.1 Å². The fourth-order valence-electron chi connectivity index (χ4n) is 3.69. The van der Waals surface area contributed by atoms with Gasteiger partial charge in [0.15, 0.2) is 6.10 Å². The zero-order valence-electron chi connectivity index (χ0n) is 14.1. The minimum absolute atomic E-state index is 0.112. The third-order valence-electron chi connectivity index (χ3n) is 5.15. The summed E-state index contributed by atoms with van der Waals surface area (Å²) in [6.45, 7) is 4.99. The van der Waals surface area contributed by atoms with Crippen LogP contribution in [-0.4, -0.2) is 28.4 Å². The third-order valence-corrected chi connectivity index (χ3v) is 6.03. The van der Waals surface area contributed by atoms with E-state index in [2.05, 4.69) is 31.0 Å². The first-order valence-corrected chi connectivity index (χ1v) is 9.48. The summed E-state index contributed by atoms with van der Waals surface area (Å²) in [4.78, 5) is 19.6. The second kappa shape index (κ2) is 6.20. The van der Waals surface area contributed by atoms with Crippen molar-refractivity contribution in [3.63, 3.8) is 0 Å². The topological polar surface area (TPSA) is 42.4 Å². The Hall–Kier alpha value is -1.88. The molecule has 2 aliphatic rings. The smallest absolute Gasteiger partial charge is 0.264 e. The van der Waals surface area contributed by atoms with E-state index in [-0.39, 0.29) is 18.1 Å². The number of amides is 1. The van der Waals surface area contributed by atoms with Crippen molar-refractivity contribution < 1.29 is 9.53 Å². The number of aromatic nitrogens is 1. The molecule has 126 valence electrons. The molecule has 4 rings (SSSR count). The maximum Gasteiger partial charge on any atom is 0.264 e. The molecule has 1 saturated heterocycles. The Morgan fingerprint density at radius 1 is 1.29 bits per heavy atom. The van der Waals surface area contributed by atoms with Crippen molar-refractivity contribution in [2.24, 2.45) is 0 Å². The molecule has 1 amide bonds. The van der Waals surface area contributed by atoms with E-state index < -0.39 is 0 Å². The number of nitrogens with zero attached hydrogens (tertiary/aromatic N) is 2. The average molecular weight is 342 g/mol. The van der Waals surface area contributed by atoms with Crippen LogP contribution in [0, 0.1) is 13.8 Å². The number of carbonyl (C=O) groups is 1. The molecule has 0 spiro atoms. The lowest BCUT2D eigenvalue weighted by Gasteiger charge is -2.35. The summed E-state index contributed by atoms with van der Waals surface area (Å²) in [5, 5.41) is 3.03. The van der Waals surface area contributed by atoms with Crippen LogP contribution in [0.25, 0.3) is 0 Å². The molecule has 0 saturated carbocycles. The van der Waals surface area contributed by atoms with Gasteiger partial charge in [-0.25, -0.2) is 4.98 Å². The summed E-state index contributed by atoms with van der Waals surface area (Å²) in [6, 6.07) is 4.33. The van der Waals surface area contributed by atoms with Gasteiger partial charge in [0.1, 0.15) is 10.8 Å². The van der Waals surface area contributed by atoms with Crippen LogP contribution in [0.15, 0.2) is 23.7 Å². The lowest BCUT2D eigenvalue weighted by Crippen LogP contribution is -2.45. The fourth-order valence-corrected chi connectivity index (χ4v) is 4.47. The molecule has 0 radical (unpaired) electrons. The van der Waals surface area contributed by atoms with Crippen LogP contribution < -0.4 is 4.74 Å². The van der Waals surface area contributed by atoms with Gasteiger partial charge in [0.25, 0.3) is 5.91 Å². The van der Waals surface area contributed by atoms with Gasteiger partial charge in [0.2, 0.25) is 0 Å². The lowest BCUT2D eigenvalue weighted by molar-refractivity contribution is -0.142. The maximum atomic E-state index is 13.1. The molecule has 2 aromatic rings. The zero-order valence-corrected chi connectivity index (χ0v) is 14.9. The van der Waals surface area contributed by atoms with Crippen LogP contribution >= 0.6 is 11.3 Å². The van der Waals surface area contributed by atoms with E-state index in [0.717, 1.165) is 42.1 Å². The normalized spacial score (nSPS) is 23.0. The highest BCUT2D eigenvalue weighted by atomic mass is 32.1. The van der Waals surface area contributed by atoms with E-state index in [1.54, 1.807) is 11.3 Å². The number of thiazole rings is 1. The highest BCUT2D eigenvalue weighted by molar-refractivity contribution is 7.09. The Kier molecular flexibility index (Phi) is 4.04. The molecule has 24 heavy (non-hydrogen) atoms. The minimum atomic E-state index is -0.387. The number of piperidine rings is 1. The predicted molar refractivity (Wildman–Crippen MR) is 94.5 cm³/mol. The summed E-state index contributed by atoms with van der Waals surface area (Å²) in [6.07, 6.45) is 5.32. The number of likely N-dealkylation sites (tertiary alicyclic amines) is 1. The number of ether oxygens (including phenoxy) is 1. The molecular formula is C19H22N2O2S. The van der Waals surface area contributed by atoms with Gasteiger partial charge in [0.05, 0.1) is 6.04 Å². The number of aryl methyl sites for hydroxylation is 2. The van der Waals surface area contributed by atoms with Gasteiger partial charge < -0.3 is 9.64 Å². The molecule has 1 aromatic carbocycles. The fraction of sp³-hybridized carbons (Fsp3) is 0.474. The molecule has 5 heteroatoms. The van der Waals surface area contributed by atoms with Crippen LogP contribution in [0.2, 0.25) is 0 Å². The molecule has 0 aliphatic carbocycles. The van der Waals surface area contributed by atoms with E-state index in [1.807, 2.05) is 16.5 Å². The highest BCUT2D eigenvalue weighted by Gasteiger charge is 2.37. The second-order valence-corrected chi connectivity index (χ2v) is 7.69. The van der Waals surface area contributed by atoms with Crippen molar-refractivity contribution in [3.05, 3.63) is 45.4 Å². The molecule has 0 unspecified atom stereocenters.